The third-order valence-electron chi connectivity index (χ3n) is 3.85. The lowest BCUT2D eigenvalue weighted by atomic mass is 10.1. The Hall–Kier alpha value is -2.50. The Morgan fingerprint density at radius 3 is 2.56 bits per heavy atom. The van der Waals surface area contributed by atoms with E-state index in [0.29, 0.717) is 17.3 Å². The largest absolute Gasteiger partial charge is 0.444 e. The van der Waals surface area contributed by atoms with Crippen LogP contribution in [0.4, 0.5) is 10.5 Å². The molecule has 2 aromatic rings. The molecule has 3 N–H and O–H groups in total. The molecule has 0 saturated carbocycles. The SMILES string of the molecule is CC(C)Cc1nc(C(=O)Nc2cccc(S(=O)(=O)NCCNC(=O)OC(C)(C)C)c2)cs1. The maximum absolute atomic E-state index is 12.5. The summed E-state index contributed by atoms with van der Waals surface area (Å²) in [4.78, 5) is 28.4. The number of hydrogen-bond donors (Lipinski definition) is 3. The van der Waals surface area contributed by atoms with Gasteiger partial charge in [-0.3, -0.25) is 4.79 Å². The van der Waals surface area contributed by atoms with Crippen molar-refractivity contribution in [2.75, 3.05) is 18.4 Å². The van der Waals surface area contributed by atoms with Crippen LogP contribution in [0.5, 0.6) is 0 Å². The summed E-state index contributed by atoms with van der Waals surface area (Å²) in [6, 6.07) is 5.92. The van der Waals surface area contributed by atoms with Gasteiger partial charge in [-0.25, -0.2) is 22.9 Å². The van der Waals surface area contributed by atoms with Gasteiger partial charge in [0.05, 0.1) is 9.90 Å². The predicted octanol–water partition coefficient (Wildman–Crippen LogP) is 3.40. The van der Waals surface area contributed by atoms with E-state index in [1.54, 1.807) is 32.2 Å². The molecule has 1 heterocycles. The fourth-order valence-corrected chi connectivity index (χ4v) is 4.61. The van der Waals surface area contributed by atoms with E-state index in [4.69, 9.17) is 4.74 Å². The highest BCUT2D eigenvalue weighted by atomic mass is 32.2. The zero-order valence-electron chi connectivity index (χ0n) is 18.9. The van der Waals surface area contributed by atoms with Crippen molar-refractivity contribution in [1.29, 1.82) is 0 Å². The van der Waals surface area contributed by atoms with E-state index in [-0.39, 0.29) is 18.0 Å². The van der Waals surface area contributed by atoms with Gasteiger partial charge in [0.1, 0.15) is 11.3 Å². The molecule has 1 aromatic heterocycles. The second-order valence-corrected chi connectivity index (χ2v) is 11.2. The van der Waals surface area contributed by atoms with Crippen LogP contribution in [0.2, 0.25) is 0 Å². The fourth-order valence-electron chi connectivity index (χ4n) is 2.54. The molecule has 1 aromatic carbocycles. The van der Waals surface area contributed by atoms with Crippen LogP contribution < -0.4 is 15.4 Å². The van der Waals surface area contributed by atoms with Crippen molar-refractivity contribution in [2.45, 2.75) is 51.5 Å². The maximum atomic E-state index is 12.5. The molecular formula is C21H30N4O5S2. The van der Waals surface area contributed by atoms with Gasteiger partial charge in [0.25, 0.3) is 5.91 Å². The number of amides is 2. The minimum Gasteiger partial charge on any atom is -0.444 e. The Bertz CT molecular complexity index is 1040. The molecule has 0 unspecified atom stereocenters. The van der Waals surface area contributed by atoms with Crippen LogP contribution in [0.25, 0.3) is 0 Å². The Morgan fingerprint density at radius 2 is 1.91 bits per heavy atom. The van der Waals surface area contributed by atoms with Crippen molar-refractivity contribution >= 4 is 39.0 Å². The molecule has 0 aliphatic heterocycles. The molecule has 32 heavy (non-hydrogen) atoms. The molecule has 0 aliphatic carbocycles. The minimum absolute atomic E-state index is 0.00802. The first-order valence-electron chi connectivity index (χ1n) is 10.2. The number of thiazole rings is 1. The Morgan fingerprint density at radius 1 is 1.19 bits per heavy atom. The summed E-state index contributed by atoms with van der Waals surface area (Å²) in [5, 5.41) is 7.73. The van der Waals surface area contributed by atoms with E-state index in [2.05, 4.69) is 34.2 Å². The normalized spacial score (nSPS) is 11.9. The zero-order chi connectivity index (χ0) is 23.9. The lowest BCUT2D eigenvalue weighted by molar-refractivity contribution is 0.0528. The van der Waals surface area contributed by atoms with Crippen molar-refractivity contribution in [3.63, 3.8) is 0 Å². The van der Waals surface area contributed by atoms with Gasteiger partial charge in [-0.2, -0.15) is 0 Å². The van der Waals surface area contributed by atoms with Gasteiger partial charge in [0.2, 0.25) is 10.0 Å². The monoisotopic (exact) mass is 482 g/mol. The fraction of sp³-hybridized carbons (Fsp3) is 0.476. The Kier molecular flexibility index (Phi) is 8.76. The smallest absolute Gasteiger partial charge is 0.407 e. The molecule has 0 bridgehead atoms. The summed E-state index contributed by atoms with van der Waals surface area (Å²) in [7, 11) is -3.83. The van der Waals surface area contributed by atoms with Gasteiger partial charge in [-0.1, -0.05) is 19.9 Å². The molecule has 0 spiro atoms. The van der Waals surface area contributed by atoms with Crippen LogP contribution in [0.15, 0.2) is 34.5 Å². The van der Waals surface area contributed by atoms with Crippen LogP contribution in [0.1, 0.15) is 50.1 Å². The van der Waals surface area contributed by atoms with E-state index < -0.39 is 27.6 Å². The van der Waals surface area contributed by atoms with Crippen LogP contribution >= 0.6 is 11.3 Å². The third kappa shape index (κ3) is 8.56. The number of alkyl carbamates (subject to hydrolysis) is 1. The van der Waals surface area contributed by atoms with Crippen molar-refractivity contribution in [3.05, 3.63) is 40.3 Å². The van der Waals surface area contributed by atoms with Crippen LogP contribution in [0, 0.1) is 5.92 Å². The van der Waals surface area contributed by atoms with Gasteiger partial charge in [0, 0.05) is 30.6 Å². The Balaban J connectivity index is 1.93. The molecule has 0 atom stereocenters. The number of hydrogen-bond acceptors (Lipinski definition) is 7. The lowest BCUT2D eigenvalue weighted by Crippen LogP contribution is -2.37. The highest BCUT2D eigenvalue weighted by Crippen LogP contribution is 2.18. The van der Waals surface area contributed by atoms with Crippen LogP contribution in [-0.2, 0) is 21.2 Å². The molecule has 2 rings (SSSR count). The quantitative estimate of drug-likeness (QED) is 0.470. The molecule has 176 valence electrons. The first-order chi connectivity index (χ1) is 14.9. The first kappa shape index (κ1) is 25.8. The number of ether oxygens (including phenoxy) is 1. The summed E-state index contributed by atoms with van der Waals surface area (Å²) in [5.74, 6) is 0.0334. The molecule has 0 fully saturated rings. The van der Waals surface area contributed by atoms with E-state index in [1.165, 1.54) is 29.5 Å². The highest BCUT2D eigenvalue weighted by molar-refractivity contribution is 7.89. The molecule has 0 saturated heterocycles. The van der Waals surface area contributed by atoms with E-state index >= 15 is 0 Å². The van der Waals surface area contributed by atoms with E-state index in [9.17, 15) is 18.0 Å². The molecule has 0 aliphatic rings. The molecular weight excluding hydrogens is 452 g/mol. The standard InChI is InChI=1S/C21H30N4O5S2/c1-14(2)11-18-25-17(13-31-18)19(26)24-15-7-6-8-16(12-15)32(28,29)23-10-9-22-20(27)30-21(3,4)5/h6-8,12-14,23H,9-11H2,1-5H3,(H,22,27)(H,24,26). The molecule has 2 amide bonds. The number of anilines is 1. The van der Waals surface area contributed by atoms with Gasteiger partial charge >= 0.3 is 6.09 Å². The number of nitrogens with one attached hydrogen (secondary N) is 3. The van der Waals surface area contributed by atoms with Gasteiger partial charge < -0.3 is 15.4 Å². The van der Waals surface area contributed by atoms with E-state index in [0.717, 1.165) is 11.4 Å². The van der Waals surface area contributed by atoms with Crippen molar-refractivity contribution in [2.24, 2.45) is 5.92 Å². The second kappa shape index (κ2) is 10.9. The van der Waals surface area contributed by atoms with Crippen LogP contribution in [-0.4, -0.2) is 44.1 Å². The molecule has 11 heteroatoms. The van der Waals surface area contributed by atoms with Gasteiger partial charge in [-0.05, 0) is 44.9 Å². The van der Waals surface area contributed by atoms with Gasteiger partial charge in [-0.15, -0.1) is 11.3 Å². The number of carbonyl (C=O) groups excluding carboxylic acids is 2. The van der Waals surface area contributed by atoms with E-state index in [1.807, 2.05) is 0 Å². The first-order valence-corrected chi connectivity index (χ1v) is 12.5. The van der Waals surface area contributed by atoms with Crippen LogP contribution in [0.3, 0.4) is 0 Å². The number of sulfonamides is 1. The summed E-state index contributed by atoms with van der Waals surface area (Å²) in [6.45, 7) is 9.41. The average molecular weight is 483 g/mol. The number of carbonyl (C=O) groups is 2. The van der Waals surface area contributed by atoms with Gasteiger partial charge in [0.15, 0.2) is 0 Å². The number of aromatic nitrogens is 1. The summed E-state index contributed by atoms with van der Waals surface area (Å²) >= 11 is 1.42. The number of nitrogens with zero attached hydrogens (tertiary/aromatic N) is 1. The molecule has 0 radical (unpaired) electrons. The van der Waals surface area contributed by atoms with Crippen molar-refractivity contribution in [1.82, 2.24) is 15.0 Å². The lowest BCUT2D eigenvalue weighted by Gasteiger charge is -2.19. The predicted molar refractivity (Wildman–Crippen MR) is 124 cm³/mol. The second-order valence-electron chi connectivity index (χ2n) is 8.53. The summed E-state index contributed by atoms with van der Waals surface area (Å²) in [5.41, 5.74) is -0.00312. The number of benzene rings is 1. The maximum Gasteiger partial charge on any atom is 0.407 e. The topological polar surface area (TPSA) is 126 Å². The summed E-state index contributed by atoms with van der Waals surface area (Å²) in [6.07, 6.45) is 0.167. The zero-order valence-corrected chi connectivity index (χ0v) is 20.5. The Labute approximate surface area is 193 Å². The minimum atomic E-state index is -3.83. The third-order valence-corrected chi connectivity index (χ3v) is 6.18. The van der Waals surface area contributed by atoms with Crippen molar-refractivity contribution < 1.29 is 22.7 Å². The highest BCUT2D eigenvalue weighted by Gasteiger charge is 2.18. The number of rotatable bonds is 9. The van der Waals surface area contributed by atoms with Crippen molar-refractivity contribution in [3.8, 4) is 0 Å². The summed E-state index contributed by atoms with van der Waals surface area (Å²) < 4.78 is 32.6. The molecule has 9 nitrogen and oxygen atoms in total. The average Bonchev–Trinajstić information content (AvgIpc) is 3.12.